The average Bonchev–Trinajstić information content (AvgIpc) is 2.67. The maximum atomic E-state index is 9.28. The standard InChI is InChI=1S/C10H11N3O2/c1-2-11-10-12-9(13-15-10)7-4-3-5-8(14)6-7/h3-6,14H,2H2,1H3,(H,11,12,13). The van der Waals surface area contributed by atoms with E-state index in [1.54, 1.807) is 24.3 Å². The van der Waals surface area contributed by atoms with Gasteiger partial charge in [0, 0.05) is 12.1 Å². The lowest BCUT2D eigenvalue weighted by Crippen LogP contribution is -1.95. The van der Waals surface area contributed by atoms with Gasteiger partial charge in [-0.3, -0.25) is 0 Å². The summed E-state index contributed by atoms with van der Waals surface area (Å²) in [5, 5.41) is 16.0. The van der Waals surface area contributed by atoms with Crippen LogP contribution in [0, 0.1) is 0 Å². The lowest BCUT2D eigenvalue weighted by Gasteiger charge is -1.94. The summed E-state index contributed by atoms with van der Waals surface area (Å²) in [6, 6.07) is 7.10. The number of anilines is 1. The van der Waals surface area contributed by atoms with Gasteiger partial charge in [0.25, 0.3) is 0 Å². The first-order valence-electron chi connectivity index (χ1n) is 4.66. The Morgan fingerprint density at radius 3 is 3.07 bits per heavy atom. The van der Waals surface area contributed by atoms with Crippen molar-refractivity contribution in [2.45, 2.75) is 6.92 Å². The van der Waals surface area contributed by atoms with Crippen molar-refractivity contribution >= 4 is 6.01 Å². The lowest BCUT2D eigenvalue weighted by molar-refractivity contribution is 0.432. The van der Waals surface area contributed by atoms with E-state index >= 15 is 0 Å². The molecule has 2 rings (SSSR count). The van der Waals surface area contributed by atoms with Gasteiger partial charge >= 0.3 is 6.01 Å². The van der Waals surface area contributed by atoms with Crippen LogP contribution in [0.25, 0.3) is 11.4 Å². The number of phenols is 1. The van der Waals surface area contributed by atoms with Crippen molar-refractivity contribution in [3.63, 3.8) is 0 Å². The predicted octanol–water partition coefficient (Wildman–Crippen LogP) is 1.87. The molecule has 1 aromatic carbocycles. The summed E-state index contributed by atoms with van der Waals surface area (Å²) in [6.45, 7) is 2.67. The van der Waals surface area contributed by atoms with Crippen LogP contribution in [0.1, 0.15) is 6.92 Å². The van der Waals surface area contributed by atoms with Gasteiger partial charge in [-0.2, -0.15) is 4.98 Å². The zero-order valence-electron chi connectivity index (χ0n) is 8.27. The van der Waals surface area contributed by atoms with Crippen molar-refractivity contribution in [2.75, 3.05) is 11.9 Å². The van der Waals surface area contributed by atoms with Gasteiger partial charge in [0.2, 0.25) is 5.82 Å². The number of rotatable bonds is 3. The topological polar surface area (TPSA) is 71.2 Å². The highest BCUT2D eigenvalue weighted by Crippen LogP contribution is 2.21. The highest BCUT2D eigenvalue weighted by molar-refractivity contribution is 5.57. The van der Waals surface area contributed by atoms with E-state index in [-0.39, 0.29) is 5.75 Å². The predicted molar refractivity (Wildman–Crippen MR) is 55.6 cm³/mol. The van der Waals surface area contributed by atoms with Crippen LogP contribution in [0.2, 0.25) is 0 Å². The van der Waals surface area contributed by atoms with E-state index < -0.39 is 0 Å². The van der Waals surface area contributed by atoms with Crippen LogP contribution < -0.4 is 5.32 Å². The van der Waals surface area contributed by atoms with E-state index in [1.165, 1.54) is 0 Å². The van der Waals surface area contributed by atoms with Crippen molar-refractivity contribution in [3.8, 4) is 17.1 Å². The number of aromatic nitrogens is 2. The second-order valence-electron chi connectivity index (χ2n) is 3.00. The number of aromatic hydroxyl groups is 1. The van der Waals surface area contributed by atoms with Crippen molar-refractivity contribution in [1.82, 2.24) is 10.1 Å². The number of nitrogens with zero attached hydrogens (tertiary/aromatic N) is 2. The van der Waals surface area contributed by atoms with Gasteiger partial charge in [0.15, 0.2) is 0 Å². The molecule has 0 amide bonds. The Hall–Kier alpha value is -2.04. The first-order valence-corrected chi connectivity index (χ1v) is 4.66. The van der Waals surface area contributed by atoms with Crippen LogP contribution in [0.4, 0.5) is 6.01 Å². The summed E-state index contributed by atoms with van der Waals surface area (Å²) >= 11 is 0. The number of nitrogens with one attached hydrogen (secondary N) is 1. The van der Waals surface area contributed by atoms with E-state index in [1.807, 2.05) is 6.92 Å². The number of hydrogen-bond acceptors (Lipinski definition) is 5. The average molecular weight is 205 g/mol. The maximum Gasteiger partial charge on any atom is 0.321 e. The molecule has 2 N–H and O–H groups in total. The molecule has 0 saturated carbocycles. The maximum absolute atomic E-state index is 9.28. The molecule has 0 aliphatic heterocycles. The van der Waals surface area contributed by atoms with Crippen LogP contribution in [-0.4, -0.2) is 21.8 Å². The summed E-state index contributed by atoms with van der Waals surface area (Å²) in [4.78, 5) is 4.11. The fourth-order valence-electron chi connectivity index (χ4n) is 1.21. The Kier molecular flexibility index (Phi) is 2.53. The number of phenolic OH excluding ortho intramolecular Hbond substituents is 1. The molecule has 5 heteroatoms. The van der Waals surface area contributed by atoms with Crippen LogP contribution >= 0.6 is 0 Å². The van der Waals surface area contributed by atoms with E-state index in [2.05, 4.69) is 15.5 Å². The Morgan fingerprint density at radius 1 is 1.47 bits per heavy atom. The summed E-state index contributed by atoms with van der Waals surface area (Å²) in [5.74, 6) is 0.643. The summed E-state index contributed by atoms with van der Waals surface area (Å²) in [5.41, 5.74) is 0.725. The molecule has 1 aromatic heterocycles. The first-order chi connectivity index (χ1) is 7.29. The molecule has 0 bridgehead atoms. The van der Waals surface area contributed by atoms with Crippen molar-refractivity contribution in [1.29, 1.82) is 0 Å². The second kappa shape index (κ2) is 4.00. The molecule has 0 saturated heterocycles. The van der Waals surface area contributed by atoms with Crippen LogP contribution in [0.3, 0.4) is 0 Å². The van der Waals surface area contributed by atoms with E-state index in [0.29, 0.717) is 11.8 Å². The normalized spacial score (nSPS) is 10.2. The minimum absolute atomic E-state index is 0.183. The molecule has 0 unspecified atom stereocenters. The van der Waals surface area contributed by atoms with Gasteiger partial charge < -0.3 is 14.9 Å². The summed E-state index contributed by atoms with van der Waals surface area (Å²) in [6.07, 6.45) is 0. The number of benzene rings is 1. The molecule has 0 radical (unpaired) electrons. The van der Waals surface area contributed by atoms with Gasteiger partial charge in [-0.05, 0) is 19.1 Å². The largest absolute Gasteiger partial charge is 0.508 e. The molecular formula is C10H11N3O2. The quantitative estimate of drug-likeness (QED) is 0.800. The third-order valence-electron chi connectivity index (χ3n) is 1.86. The molecule has 15 heavy (non-hydrogen) atoms. The molecular weight excluding hydrogens is 194 g/mol. The van der Waals surface area contributed by atoms with Crippen molar-refractivity contribution < 1.29 is 9.63 Å². The van der Waals surface area contributed by atoms with Crippen molar-refractivity contribution in [3.05, 3.63) is 24.3 Å². The fourth-order valence-corrected chi connectivity index (χ4v) is 1.21. The Labute approximate surface area is 86.7 Å². The molecule has 0 atom stereocenters. The SMILES string of the molecule is CCNc1nc(-c2cccc(O)c2)no1. The highest BCUT2D eigenvalue weighted by Gasteiger charge is 2.07. The van der Waals surface area contributed by atoms with E-state index in [0.717, 1.165) is 12.1 Å². The zero-order chi connectivity index (χ0) is 10.7. The Balaban J connectivity index is 2.29. The van der Waals surface area contributed by atoms with Gasteiger partial charge in [0.05, 0.1) is 0 Å². The molecule has 0 aliphatic rings. The molecule has 0 spiro atoms. The number of hydrogen-bond donors (Lipinski definition) is 2. The van der Waals surface area contributed by atoms with E-state index in [4.69, 9.17) is 4.52 Å². The van der Waals surface area contributed by atoms with Crippen LogP contribution in [0.5, 0.6) is 5.75 Å². The van der Waals surface area contributed by atoms with Gasteiger partial charge in [-0.25, -0.2) is 0 Å². The Morgan fingerprint density at radius 2 is 2.33 bits per heavy atom. The van der Waals surface area contributed by atoms with Gasteiger partial charge in [-0.15, -0.1) is 0 Å². The van der Waals surface area contributed by atoms with Crippen molar-refractivity contribution in [2.24, 2.45) is 0 Å². The second-order valence-corrected chi connectivity index (χ2v) is 3.00. The first kappa shape index (κ1) is 9.51. The Bertz CT molecular complexity index is 453. The molecule has 5 nitrogen and oxygen atoms in total. The smallest absolute Gasteiger partial charge is 0.321 e. The summed E-state index contributed by atoms with van der Waals surface area (Å²) < 4.78 is 4.95. The summed E-state index contributed by atoms with van der Waals surface area (Å²) in [7, 11) is 0. The third kappa shape index (κ3) is 2.07. The molecule has 0 fully saturated rings. The van der Waals surface area contributed by atoms with Gasteiger partial charge in [0.1, 0.15) is 5.75 Å². The molecule has 1 heterocycles. The monoisotopic (exact) mass is 205 g/mol. The minimum Gasteiger partial charge on any atom is -0.508 e. The molecule has 2 aromatic rings. The van der Waals surface area contributed by atoms with E-state index in [9.17, 15) is 5.11 Å². The van der Waals surface area contributed by atoms with Crippen LogP contribution in [-0.2, 0) is 0 Å². The van der Waals surface area contributed by atoms with Crippen LogP contribution in [0.15, 0.2) is 28.8 Å². The highest BCUT2D eigenvalue weighted by atomic mass is 16.5. The molecule has 78 valence electrons. The third-order valence-corrected chi connectivity index (χ3v) is 1.86. The minimum atomic E-state index is 0.183. The fraction of sp³-hybridized carbons (Fsp3) is 0.200. The molecule has 0 aliphatic carbocycles. The van der Waals surface area contributed by atoms with Gasteiger partial charge in [-0.1, -0.05) is 17.3 Å². The lowest BCUT2D eigenvalue weighted by atomic mass is 10.2. The zero-order valence-corrected chi connectivity index (χ0v) is 8.27.